The normalized spacial score (nSPS) is 29.2. The van der Waals surface area contributed by atoms with Gasteiger partial charge in [0.05, 0.1) is 6.61 Å². The molecule has 0 amide bonds. The van der Waals surface area contributed by atoms with Crippen LogP contribution in [0.2, 0.25) is 0 Å². The average Bonchev–Trinajstić information content (AvgIpc) is 2.61. The Balaban J connectivity index is 1.80. The lowest BCUT2D eigenvalue weighted by atomic mass is 9.86. The Morgan fingerprint density at radius 3 is 2.90 bits per heavy atom. The summed E-state index contributed by atoms with van der Waals surface area (Å²) in [5, 5.41) is 0. The SMILES string of the molecule is CN1CCC2c3c(ccc4c3CCCO4)N(C)C2CC1. The van der Waals surface area contributed by atoms with Gasteiger partial charge < -0.3 is 14.5 Å². The molecular formula is C17H24N2O. The highest BCUT2D eigenvalue weighted by molar-refractivity contribution is 5.67. The van der Waals surface area contributed by atoms with Gasteiger partial charge in [-0.15, -0.1) is 0 Å². The van der Waals surface area contributed by atoms with Gasteiger partial charge in [-0.2, -0.15) is 0 Å². The minimum atomic E-state index is 0.684. The Kier molecular flexibility index (Phi) is 2.92. The molecular weight excluding hydrogens is 248 g/mol. The number of likely N-dealkylation sites (tertiary alicyclic amines) is 1. The summed E-state index contributed by atoms with van der Waals surface area (Å²) in [4.78, 5) is 5.02. The summed E-state index contributed by atoms with van der Waals surface area (Å²) in [7, 11) is 4.54. The van der Waals surface area contributed by atoms with E-state index in [0.717, 1.165) is 12.4 Å². The topological polar surface area (TPSA) is 15.7 Å². The minimum absolute atomic E-state index is 0.684. The van der Waals surface area contributed by atoms with Crippen molar-refractivity contribution in [1.82, 2.24) is 4.90 Å². The Hall–Kier alpha value is -1.22. The first-order chi connectivity index (χ1) is 9.75. The average molecular weight is 272 g/mol. The van der Waals surface area contributed by atoms with Gasteiger partial charge in [0.15, 0.2) is 0 Å². The largest absolute Gasteiger partial charge is 0.493 e. The van der Waals surface area contributed by atoms with E-state index in [0.29, 0.717) is 12.0 Å². The van der Waals surface area contributed by atoms with Crippen molar-refractivity contribution in [2.45, 2.75) is 37.6 Å². The van der Waals surface area contributed by atoms with Gasteiger partial charge in [0, 0.05) is 24.7 Å². The predicted molar refractivity (Wildman–Crippen MR) is 81.9 cm³/mol. The molecule has 3 heterocycles. The Morgan fingerprint density at radius 2 is 2.00 bits per heavy atom. The number of benzene rings is 1. The zero-order chi connectivity index (χ0) is 13.7. The Morgan fingerprint density at radius 1 is 1.15 bits per heavy atom. The fraction of sp³-hybridized carbons (Fsp3) is 0.647. The van der Waals surface area contributed by atoms with Crippen molar-refractivity contribution in [3.8, 4) is 5.75 Å². The van der Waals surface area contributed by atoms with Crippen molar-refractivity contribution >= 4 is 5.69 Å². The maximum Gasteiger partial charge on any atom is 0.122 e. The lowest BCUT2D eigenvalue weighted by Crippen LogP contribution is -2.31. The van der Waals surface area contributed by atoms with E-state index >= 15 is 0 Å². The molecule has 0 bridgehead atoms. The summed E-state index contributed by atoms with van der Waals surface area (Å²) in [6.07, 6.45) is 4.94. The van der Waals surface area contributed by atoms with Crippen molar-refractivity contribution in [2.24, 2.45) is 0 Å². The van der Waals surface area contributed by atoms with Gasteiger partial charge in [0.1, 0.15) is 5.75 Å². The third kappa shape index (κ3) is 1.76. The molecule has 3 aliphatic heterocycles. The first-order valence-corrected chi connectivity index (χ1v) is 7.95. The molecule has 1 aromatic rings. The number of ether oxygens (including phenoxy) is 1. The third-order valence-electron chi connectivity index (χ3n) is 5.46. The maximum absolute atomic E-state index is 5.89. The number of likely N-dealkylation sites (N-methyl/N-ethyl adjacent to an activating group) is 1. The molecule has 0 radical (unpaired) electrons. The van der Waals surface area contributed by atoms with Crippen LogP contribution in [0.25, 0.3) is 0 Å². The van der Waals surface area contributed by atoms with Crippen molar-refractivity contribution in [2.75, 3.05) is 38.7 Å². The Labute approximate surface area is 121 Å². The van der Waals surface area contributed by atoms with Crippen molar-refractivity contribution < 1.29 is 4.74 Å². The Bertz CT molecular complexity index is 528. The summed E-state index contributed by atoms with van der Waals surface area (Å²) in [5.74, 6) is 1.86. The van der Waals surface area contributed by atoms with Gasteiger partial charge in [0.2, 0.25) is 0 Å². The molecule has 1 fully saturated rings. The number of hydrogen-bond acceptors (Lipinski definition) is 3. The molecule has 1 aromatic carbocycles. The van der Waals surface area contributed by atoms with Crippen LogP contribution in [-0.2, 0) is 6.42 Å². The zero-order valence-corrected chi connectivity index (χ0v) is 12.6. The van der Waals surface area contributed by atoms with Crippen LogP contribution < -0.4 is 9.64 Å². The van der Waals surface area contributed by atoms with E-state index in [2.05, 4.69) is 36.0 Å². The van der Waals surface area contributed by atoms with Crippen molar-refractivity contribution in [3.63, 3.8) is 0 Å². The summed E-state index contributed by atoms with van der Waals surface area (Å²) >= 11 is 0. The van der Waals surface area contributed by atoms with Gasteiger partial charge in [-0.1, -0.05) is 0 Å². The van der Waals surface area contributed by atoms with Gasteiger partial charge in [-0.05, 0) is 69.1 Å². The highest BCUT2D eigenvalue weighted by atomic mass is 16.5. The number of hydrogen-bond donors (Lipinski definition) is 0. The monoisotopic (exact) mass is 272 g/mol. The van der Waals surface area contributed by atoms with E-state index in [-0.39, 0.29) is 0 Å². The molecule has 0 aromatic heterocycles. The molecule has 3 aliphatic rings. The van der Waals surface area contributed by atoms with E-state index in [9.17, 15) is 0 Å². The van der Waals surface area contributed by atoms with Crippen LogP contribution in [0.15, 0.2) is 12.1 Å². The molecule has 0 aliphatic carbocycles. The van der Waals surface area contributed by atoms with E-state index in [4.69, 9.17) is 4.74 Å². The summed E-state index contributed by atoms with van der Waals surface area (Å²) in [6, 6.07) is 5.17. The van der Waals surface area contributed by atoms with Crippen molar-refractivity contribution in [3.05, 3.63) is 23.3 Å². The fourth-order valence-corrected chi connectivity index (χ4v) is 4.37. The van der Waals surface area contributed by atoms with Crippen LogP contribution in [0, 0.1) is 0 Å². The highest BCUT2D eigenvalue weighted by Gasteiger charge is 2.40. The fourth-order valence-electron chi connectivity index (χ4n) is 4.37. The first-order valence-electron chi connectivity index (χ1n) is 7.95. The molecule has 2 unspecified atom stereocenters. The molecule has 0 N–H and O–H groups in total. The second kappa shape index (κ2) is 4.66. The van der Waals surface area contributed by atoms with Crippen molar-refractivity contribution in [1.29, 1.82) is 0 Å². The van der Waals surface area contributed by atoms with Crippen LogP contribution in [0.4, 0.5) is 5.69 Å². The predicted octanol–water partition coefficient (Wildman–Crippen LogP) is 2.64. The maximum atomic E-state index is 5.89. The van der Waals surface area contributed by atoms with Crippen LogP contribution >= 0.6 is 0 Å². The molecule has 3 nitrogen and oxygen atoms in total. The van der Waals surface area contributed by atoms with Crippen LogP contribution in [-0.4, -0.2) is 44.7 Å². The number of fused-ring (bicyclic) bond motifs is 5. The van der Waals surface area contributed by atoms with Gasteiger partial charge in [-0.25, -0.2) is 0 Å². The summed E-state index contributed by atoms with van der Waals surface area (Å²) in [5.41, 5.74) is 4.59. The molecule has 2 atom stereocenters. The number of rotatable bonds is 0. The second-order valence-corrected chi connectivity index (χ2v) is 6.59. The first kappa shape index (κ1) is 12.5. The lowest BCUT2D eigenvalue weighted by molar-refractivity contribution is 0.287. The summed E-state index contributed by atoms with van der Waals surface area (Å²) in [6.45, 7) is 3.33. The van der Waals surface area contributed by atoms with E-state index in [1.165, 1.54) is 50.0 Å². The van der Waals surface area contributed by atoms with E-state index in [1.807, 2.05) is 0 Å². The van der Waals surface area contributed by atoms with Crippen LogP contribution in [0.3, 0.4) is 0 Å². The molecule has 0 spiro atoms. The highest BCUT2D eigenvalue weighted by Crippen LogP contribution is 2.49. The molecule has 1 saturated heterocycles. The summed E-state index contributed by atoms with van der Waals surface area (Å²) < 4.78 is 5.89. The number of nitrogens with zero attached hydrogens (tertiary/aromatic N) is 2. The third-order valence-corrected chi connectivity index (χ3v) is 5.46. The minimum Gasteiger partial charge on any atom is -0.493 e. The molecule has 4 rings (SSSR count). The van der Waals surface area contributed by atoms with E-state index in [1.54, 1.807) is 5.56 Å². The van der Waals surface area contributed by atoms with Crippen LogP contribution in [0.5, 0.6) is 5.75 Å². The smallest absolute Gasteiger partial charge is 0.122 e. The zero-order valence-electron chi connectivity index (χ0n) is 12.6. The number of anilines is 1. The quantitative estimate of drug-likeness (QED) is 0.722. The second-order valence-electron chi connectivity index (χ2n) is 6.59. The standard InChI is InChI=1S/C17H24N2O/c1-18-9-7-12-14(8-10-18)19(2)15-5-6-16-13(17(12)15)4-3-11-20-16/h5-6,12,14H,3-4,7-11H2,1-2H3. The molecule has 0 saturated carbocycles. The van der Waals surface area contributed by atoms with Crippen LogP contribution in [0.1, 0.15) is 36.3 Å². The van der Waals surface area contributed by atoms with Gasteiger partial charge in [-0.3, -0.25) is 0 Å². The molecule has 3 heteroatoms. The van der Waals surface area contributed by atoms with Gasteiger partial charge in [0.25, 0.3) is 0 Å². The molecule has 20 heavy (non-hydrogen) atoms. The molecule has 108 valence electrons. The lowest BCUT2D eigenvalue weighted by Gasteiger charge is -2.25. The van der Waals surface area contributed by atoms with Gasteiger partial charge >= 0.3 is 0 Å². The van der Waals surface area contributed by atoms with E-state index < -0.39 is 0 Å².